The summed E-state index contributed by atoms with van der Waals surface area (Å²) in [4.78, 5) is 8.12. The van der Waals surface area contributed by atoms with E-state index in [-0.39, 0.29) is 6.04 Å². The number of hydrogen-bond donors (Lipinski definition) is 0. The number of nitrogens with zero attached hydrogens (tertiary/aromatic N) is 5. The Kier molecular flexibility index (Phi) is 4.73. The Hall–Kier alpha value is -1.57. The van der Waals surface area contributed by atoms with Gasteiger partial charge in [-0.3, -0.25) is 4.90 Å². The number of thiazole rings is 1. The predicted molar refractivity (Wildman–Crippen MR) is 98.4 cm³/mol. The first-order chi connectivity index (χ1) is 11.8. The summed E-state index contributed by atoms with van der Waals surface area (Å²) < 4.78 is 1.90. The van der Waals surface area contributed by atoms with Gasteiger partial charge in [0, 0.05) is 18.1 Å². The molecule has 1 aliphatic rings. The van der Waals surface area contributed by atoms with E-state index in [0.29, 0.717) is 0 Å². The quantitative estimate of drug-likeness (QED) is 0.689. The van der Waals surface area contributed by atoms with Crippen LogP contribution in [0.1, 0.15) is 42.8 Å². The Balaban J connectivity index is 1.46. The minimum atomic E-state index is 0.124. The van der Waals surface area contributed by atoms with Crippen LogP contribution in [0.15, 0.2) is 29.2 Å². The molecule has 5 nitrogen and oxygen atoms in total. The van der Waals surface area contributed by atoms with Gasteiger partial charge in [0.2, 0.25) is 0 Å². The molecule has 0 spiro atoms. The highest BCUT2D eigenvalue weighted by Crippen LogP contribution is 2.28. The zero-order valence-corrected chi connectivity index (χ0v) is 15.4. The minimum Gasteiger partial charge on any atom is -0.299 e. The van der Waals surface area contributed by atoms with Crippen LogP contribution in [0.4, 0.5) is 0 Å². The molecule has 24 heavy (non-hydrogen) atoms. The fourth-order valence-corrected chi connectivity index (χ4v) is 4.64. The first kappa shape index (κ1) is 15.9. The number of likely N-dealkylation sites (tertiary alicyclic amines) is 1. The van der Waals surface area contributed by atoms with E-state index in [1.54, 1.807) is 22.7 Å². The Morgan fingerprint density at radius 2 is 2.08 bits per heavy atom. The molecular formula is C17H21N5S2. The molecule has 4 heterocycles. The number of thiophene rings is 1. The van der Waals surface area contributed by atoms with E-state index in [1.807, 2.05) is 22.5 Å². The maximum Gasteiger partial charge on any atom is 0.123 e. The topological polar surface area (TPSA) is 46.8 Å². The predicted octanol–water partition coefficient (Wildman–Crippen LogP) is 4.06. The van der Waals surface area contributed by atoms with Gasteiger partial charge in [-0.2, -0.15) is 0 Å². The molecule has 7 heteroatoms. The lowest BCUT2D eigenvalue weighted by Gasteiger charge is -2.25. The summed E-state index contributed by atoms with van der Waals surface area (Å²) in [5.74, 6) is 0. The number of aromatic nitrogens is 4. The van der Waals surface area contributed by atoms with Crippen LogP contribution >= 0.6 is 22.7 Å². The third-order valence-corrected chi connectivity index (χ3v) is 6.42. The summed E-state index contributed by atoms with van der Waals surface area (Å²) in [5, 5.41) is 14.0. The van der Waals surface area contributed by atoms with Crippen molar-refractivity contribution in [3.05, 3.63) is 39.8 Å². The number of hydrogen-bond acceptors (Lipinski definition) is 6. The summed E-state index contributed by atoms with van der Waals surface area (Å²) in [5.41, 5.74) is 2.34. The summed E-state index contributed by atoms with van der Waals surface area (Å²) in [6, 6.07) is 2.39. The fourth-order valence-electron chi connectivity index (χ4n) is 3.10. The van der Waals surface area contributed by atoms with E-state index in [9.17, 15) is 0 Å². The summed E-state index contributed by atoms with van der Waals surface area (Å²) in [6.45, 7) is 5.62. The standard InChI is InChI=1S/C17H21N5S2/c1-13(17-18-5-8-23-17)22-11-15(19-20-22)16-9-14(12-24-16)10-21-6-3-2-4-7-21/h5,8-9,11-13H,2-4,6-7,10H2,1H3. The molecule has 0 N–H and O–H groups in total. The molecule has 0 aromatic carbocycles. The highest BCUT2D eigenvalue weighted by atomic mass is 32.1. The zero-order valence-electron chi connectivity index (χ0n) is 13.8. The van der Waals surface area contributed by atoms with Crippen LogP contribution in [-0.2, 0) is 6.54 Å². The monoisotopic (exact) mass is 359 g/mol. The maximum absolute atomic E-state index is 4.37. The van der Waals surface area contributed by atoms with E-state index in [2.05, 4.69) is 38.6 Å². The first-order valence-corrected chi connectivity index (χ1v) is 10.2. The molecule has 126 valence electrons. The molecule has 1 fully saturated rings. The molecule has 1 unspecified atom stereocenters. The minimum absolute atomic E-state index is 0.124. The van der Waals surface area contributed by atoms with Crippen molar-refractivity contribution in [2.24, 2.45) is 0 Å². The molecule has 3 aromatic rings. The van der Waals surface area contributed by atoms with E-state index in [4.69, 9.17) is 0 Å². The van der Waals surface area contributed by atoms with Crippen LogP contribution < -0.4 is 0 Å². The van der Waals surface area contributed by atoms with Gasteiger partial charge in [-0.1, -0.05) is 11.6 Å². The molecule has 0 saturated carbocycles. The molecule has 4 rings (SSSR count). The van der Waals surface area contributed by atoms with Gasteiger partial charge in [0.05, 0.1) is 11.1 Å². The van der Waals surface area contributed by atoms with Crippen molar-refractivity contribution in [1.82, 2.24) is 24.9 Å². The van der Waals surface area contributed by atoms with Gasteiger partial charge in [0.1, 0.15) is 16.7 Å². The second-order valence-electron chi connectivity index (χ2n) is 6.29. The molecule has 0 radical (unpaired) electrons. The van der Waals surface area contributed by atoms with Crippen molar-refractivity contribution in [2.75, 3.05) is 13.1 Å². The van der Waals surface area contributed by atoms with Gasteiger partial charge in [-0.05, 0) is 49.9 Å². The Bertz CT molecular complexity index is 771. The number of piperidine rings is 1. The molecule has 0 bridgehead atoms. The van der Waals surface area contributed by atoms with Crippen LogP contribution in [-0.4, -0.2) is 38.0 Å². The van der Waals surface area contributed by atoms with Gasteiger partial charge >= 0.3 is 0 Å². The third kappa shape index (κ3) is 3.43. The Morgan fingerprint density at radius 3 is 2.88 bits per heavy atom. The SMILES string of the molecule is CC(c1nccs1)n1cc(-c2cc(CN3CCCCC3)cs2)nn1. The van der Waals surface area contributed by atoms with Crippen LogP contribution in [0.3, 0.4) is 0 Å². The maximum atomic E-state index is 4.37. The van der Waals surface area contributed by atoms with Crippen LogP contribution in [0.2, 0.25) is 0 Å². The highest BCUT2D eigenvalue weighted by molar-refractivity contribution is 7.13. The van der Waals surface area contributed by atoms with Gasteiger partial charge in [0.25, 0.3) is 0 Å². The molecular weight excluding hydrogens is 338 g/mol. The lowest BCUT2D eigenvalue weighted by Crippen LogP contribution is -2.28. The van der Waals surface area contributed by atoms with Crippen molar-refractivity contribution in [3.8, 4) is 10.6 Å². The van der Waals surface area contributed by atoms with Crippen molar-refractivity contribution < 1.29 is 0 Å². The Morgan fingerprint density at radius 1 is 1.21 bits per heavy atom. The van der Waals surface area contributed by atoms with Crippen molar-refractivity contribution in [2.45, 2.75) is 38.8 Å². The second-order valence-corrected chi connectivity index (χ2v) is 8.12. The van der Waals surface area contributed by atoms with Crippen LogP contribution in [0.25, 0.3) is 10.6 Å². The fraction of sp³-hybridized carbons (Fsp3) is 0.471. The lowest BCUT2D eigenvalue weighted by atomic mass is 10.1. The molecule has 1 aliphatic heterocycles. The van der Waals surface area contributed by atoms with E-state index < -0.39 is 0 Å². The second kappa shape index (κ2) is 7.13. The van der Waals surface area contributed by atoms with Crippen molar-refractivity contribution in [1.29, 1.82) is 0 Å². The van der Waals surface area contributed by atoms with E-state index in [0.717, 1.165) is 17.2 Å². The average molecular weight is 360 g/mol. The molecule has 3 aromatic heterocycles. The molecule has 0 amide bonds. The van der Waals surface area contributed by atoms with Crippen LogP contribution in [0, 0.1) is 0 Å². The normalized spacial score (nSPS) is 17.2. The first-order valence-electron chi connectivity index (χ1n) is 8.41. The smallest absolute Gasteiger partial charge is 0.123 e. The van der Waals surface area contributed by atoms with Crippen molar-refractivity contribution >= 4 is 22.7 Å². The van der Waals surface area contributed by atoms with Gasteiger partial charge < -0.3 is 0 Å². The third-order valence-electron chi connectivity index (χ3n) is 4.48. The largest absolute Gasteiger partial charge is 0.299 e. The highest BCUT2D eigenvalue weighted by Gasteiger charge is 2.16. The van der Waals surface area contributed by atoms with E-state index >= 15 is 0 Å². The average Bonchev–Trinajstić information content (AvgIpc) is 3.36. The lowest BCUT2D eigenvalue weighted by molar-refractivity contribution is 0.221. The summed E-state index contributed by atoms with van der Waals surface area (Å²) in [7, 11) is 0. The van der Waals surface area contributed by atoms with Gasteiger partial charge in [-0.15, -0.1) is 27.8 Å². The van der Waals surface area contributed by atoms with Crippen molar-refractivity contribution in [3.63, 3.8) is 0 Å². The van der Waals surface area contributed by atoms with Gasteiger partial charge in [-0.25, -0.2) is 9.67 Å². The van der Waals surface area contributed by atoms with Crippen LogP contribution in [0.5, 0.6) is 0 Å². The molecule has 0 aliphatic carbocycles. The van der Waals surface area contributed by atoms with Gasteiger partial charge in [0.15, 0.2) is 0 Å². The Labute approximate surface area is 150 Å². The molecule has 1 atom stereocenters. The zero-order chi connectivity index (χ0) is 16.4. The molecule has 1 saturated heterocycles. The van der Waals surface area contributed by atoms with E-state index in [1.165, 1.54) is 42.8 Å². The summed E-state index contributed by atoms with van der Waals surface area (Å²) >= 11 is 3.41. The summed E-state index contributed by atoms with van der Waals surface area (Å²) in [6.07, 6.45) is 7.91. The number of rotatable bonds is 5.